The number of benzene rings is 2. The van der Waals surface area contributed by atoms with Crippen molar-refractivity contribution in [1.82, 2.24) is 0 Å². The molecular formula is C19H23N. The van der Waals surface area contributed by atoms with Crippen LogP contribution in [0.25, 0.3) is 0 Å². The molecule has 1 aliphatic rings. The van der Waals surface area contributed by atoms with Gasteiger partial charge in [-0.1, -0.05) is 62.4 Å². The summed E-state index contributed by atoms with van der Waals surface area (Å²) in [5.41, 5.74) is 12.1. The number of aryl methyl sites for hydroxylation is 1. The fourth-order valence-electron chi connectivity index (χ4n) is 3.30. The van der Waals surface area contributed by atoms with Gasteiger partial charge in [0.1, 0.15) is 0 Å². The van der Waals surface area contributed by atoms with Crippen molar-refractivity contribution in [1.29, 1.82) is 0 Å². The normalized spacial score (nSPS) is 19.1. The van der Waals surface area contributed by atoms with Gasteiger partial charge in [0, 0.05) is 12.0 Å². The van der Waals surface area contributed by atoms with Crippen LogP contribution in [0.1, 0.15) is 60.4 Å². The molecule has 20 heavy (non-hydrogen) atoms. The van der Waals surface area contributed by atoms with E-state index in [1.807, 2.05) is 0 Å². The number of nitrogens with two attached hydrogens (primary N) is 1. The van der Waals surface area contributed by atoms with Crippen LogP contribution in [0.5, 0.6) is 0 Å². The lowest BCUT2D eigenvalue weighted by molar-refractivity contribution is 0.550. The van der Waals surface area contributed by atoms with Crippen molar-refractivity contribution in [2.45, 2.75) is 44.6 Å². The van der Waals surface area contributed by atoms with E-state index in [1.165, 1.54) is 35.1 Å². The summed E-state index contributed by atoms with van der Waals surface area (Å²) in [6.45, 7) is 4.45. The van der Waals surface area contributed by atoms with Gasteiger partial charge in [-0.15, -0.1) is 0 Å². The van der Waals surface area contributed by atoms with Gasteiger partial charge in [0.15, 0.2) is 0 Å². The molecule has 0 saturated carbocycles. The highest BCUT2D eigenvalue weighted by atomic mass is 14.7. The minimum absolute atomic E-state index is 0.111. The Labute approximate surface area is 121 Å². The minimum atomic E-state index is 0.111. The molecule has 0 fully saturated rings. The van der Waals surface area contributed by atoms with Crippen LogP contribution in [-0.4, -0.2) is 0 Å². The summed E-state index contributed by atoms with van der Waals surface area (Å²) in [6.07, 6.45) is 2.34. The van der Waals surface area contributed by atoms with E-state index in [2.05, 4.69) is 62.4 Å². The Bertz CT molecular complexity index is 583. The van der Waals surface area contributed by atoms with Crippen molar-refractivity contribution in [3.8, 4) is 0 Å². The van der Waals surface area contributed by atoms with Crippen LogP contribution in [0.15, 0.2) is 48.5 Å². The molecule has 2 N–H and O–H groups in total. The van der Waals surface area contributed by atoms with E-state index < -0.39 is 0 Å². The molecule has 0 bridgehead atoms. The number of hydrogen-bond acceptors (Lipinski definition) is 1. The maximum atomic E-state index is 6.54. The van der Waals surface area contributed by atoms with Crippen molar-refractivity contribution in [2.24, 2.45) is 5.73 Å². The van der Waals surface area contributed by atoms with Gasteiger partial charge in [0.2, 0.25) is 0 Å². The Morgan fingerprint density at radius 3 is 2.30 bits per heavy atom. The van der Waals surface area contributed by atoms with Crippen LogP contribution in [0.4, 0.5) is 0 Å². The second-order valence-corrected chi connectivity index (χ2v) is 6.19. The first-order valence-corrected chi connectivity index (χ1v) is 7.60. The Kier molecular flexibility index (Phi) is 3.62. The summed E-state index contributed by atoms with van der Waals surface area (Å²) in [6, 6.07) is 17.7. The number of fused-ring (bicyclic) bond motifs is 1. The van der Waals surface area contributed by atoms with Gasteiger partial charge in [0.05, 0.1) is 0 Å². The third kappa shape index (κ3) is 2.38. The van der Waals surface area contributed by atoms with E-state index in [1.54, 1.807) is 0 Å². The molecule has 0 heterocycles. The average Bonchev–Trinajstić information content (AvgIpc) is 2.90. The molecule has 2 atom stereocenters. The number of hydrogen-bond donors (Lipinski definition) is 1. The molecule has 2 aromatic carbocycles. The first-order chi connectivity index (χ1) is 9.66. The molecule has 1 nitrogen and oxygen atoms in total. The van der Waals surface area contributed by atoms with E-state index in [9.17, 15) is 0 Å². The van der Waals surface area contributed by atoms with Gasteiger partial charge in [-0.2, -0.15) is 0 Å². The summed E-state index contributed by atoms with van der Waals surface area (Å²) in [5.74, 6) is 1.04. The van der Waals surface area contributed by atoms with E-state index in [4.69, 9.17) is 5.73 Å². The highest BCUT2D eigenvalue weighted by Gasteiger charge is 2.28. The third-order valence-corrected chi connectivity index (χ3v) is 4.60. The summed E-state index contributed by atoms with van der Waals surface area (Å²) in [4.78, 5) is 0. The van der Waals surface area contributed by atoms with Crippen molar-refractivity contribution >= 4 is 0 Å². The van der Waals surface area contributed by atoms with Crippen molar-refractivity contribution in [3.63, 3.8) is 0 Å². The van der Waals surface area contributed by atoms with Gasteiger partial charge >= 0.3 is 0 Å². The highest BCUT2D eigenvalue weighted by molar-refractivity contribution is 5.38. The first-order valence-electron chi connectivity index (χ1n) is 7.60. The molecule has 0 radical (unpaired) electrons. The molecule has 0 aliphatic heterocycles. The van der Waals surface area contributed by atoms with Crippen LogP contribution >= 0.6 is 0 Å². The Hall–Kier alpha value is -1.60. The van der Waals surface area contributed by atoms with Crippen molar-refractivity contribution in [3.05, 3.63) is 70.8 Å². The summed E-state index contributed by atoms with van der Waals surface area (Å²) in [7, 11) is 0. The largest absolute Gasteiger partial charge is 0.323 e. The third-order valence-electron chi connectivity index (χ3n) is 4.60. The SMILES string of the molecule is CC(C)c1ccc(C(N)C2CCc3ccccc32)cc1. The molecule has 3 rings (SSSR count). The lowest BCUT2D eigenvalue weighted by atomic mass is 9.88. The van der Waals surface area contributed by atoms with E-state index in [0.717, 1.165) is 0 Å². The quantitative estimate of drug-likeness (QED) is 0.866. The van der Waals surface area contributed by atoms with Crippen LogP contribution in [0, 0.1) is 0 Å². The zero-order chi connectivity index (χ0) is 14.1. The van der Waals surface area contributed by atoms with Crippen LogP contribution < -0.4 is 5.73 Å². The first kappa shape index (κ1) is 13.4. The molecule has 2 unspecified atom stereocenters. The van der Waals surface area contributed by atoms with Gasteiger partial charge < -0.3 is 5.73 Å². The smallest absolute Gasteiger partial charge is 0.0364 e. The Morgan fingerprint density at radius 2 is 1.60 bits per heavy atom. The zero-order valence-corrected chi connectivity index (χ0v) is 12.3. The average molecular weight is 265 g/mol. The maximum Gasteiger partial charge on any atom is 0.0364 e. The highest BCUT2D eigenvalue weighted by Crippen LogP contribution is 2.40. The van der Waals surface area contributed by atoms with Gasteiger partial charge in [-0.25, -0.2) is 0 Å². The molecule has 0 saturated heterocycles. The lowest BCUT2D eigenvalue weighted by Crippen LogP contribution is -2.18. The monoisotopic (exact) mass is 265 g/mol. The van der Waals surface area contributed by atoms with Gasteiger partial charge in [-0.05, 0) is 41.0 Å². The Morgan fingerprint density at radius 1 is 0.950 bits per heavy atom. The molecule has 1 heteroatoms. The van der Waals surface area contributed by atoms with Gasteiger partial charge in [0.25, 0.3) is 0 Å². The predicted molar refractivity (Wildman–Crippen MR) is 85.0 cm³/mol. The summed E-state index contributed by atoms with van der Waals surface area (Å²) >= 11 is 0. The van der Waals surface area contributed by atoms with E-state index in [-0.39, 0.29) is 6.04 Å². The van der Waals surface area contributed by atoms with Crippen LogP contribution in [0.2, 0.25) is 0 Å². The summed E-state index contributed by atoms with van der Waals surface area (Å²) in [5, 5.41) is 0. The fourth-order valence-corrected chi connectivity index (χ4v) is 3.30. The van der Waals surface area contributed by atoms with Crippen LogP contribution in [0.3, 0.4) is 0 Å². The van der Waals surface area contributed by atoms with Crippen LogP contribution in [-0.2, 0) is 6.42 Å². The topological polar surface area (TPSA) is 26.0 Å². The summed E-state index contributed by atoms with van der Waals surface area (Å²) < 4.78 is 0. The minimum Gasteiger partial charge on any atom is -0.323 e. The lowest BCUT2D eigenvalue weighted by Gasteiger charge is -2.21. The molecule has 104 valence electrons. The molecular weight excluding hydrogens is 242 g/mol. The molecule has 0 amide bonds. The molecule has 0 aromatic heterocycles. The predicted octanol–water partition coefficient (Wildman–Crippen LogP) is 4.54. The fraction of sp³-hybridized carbons (Fsp3) is 0.368. The second-order valence-electron chi connectivity index (χ2n) is 6.19. The Balaban J connectivity index is 1.85. The standard InChI is InChI=1S/C19H23N/c1-13(2)14-7-9-16(10-8-14)19(20)18-12-11-15-5-3-4-6-17(15)18/h3-10,13,18-19H,11-12,20H2,1-2H3. The maximum absolute atomic E-state index is 6.54. The second kappa shape index (κ2) is 5.41. The van der Waals surface area contributed by atoms with E-state index in [0.29, 0.717) is 11.8 Å². The molecule has 0 spiro atoms. The number of rotatable bonds is 3. The van der Waals surface area contributed by atoms with Crippen molar-refractivity contribution in [2.75, 3.05) is 0 Å². The van der Waals surface area contributed by atoms with Crippen molar-refractivity contribution < 1.29 is 0 Å². The van der Waals surface area contributed by atoms with Gasteiger partial charge in [-0.3, -0.25) is 0 Å². The molecule has 1 aliphatic carbocycles. The molecule has 2 aromatic rings. The zero-order valence-electron chi connectivity index (χ0n) is 12.3. The van der Waals surface area contributed by atoms with E-state index >= 15 is 0 Å².